The Morgan fingerprint density at radius 3 is 2.89 bits per heavy atom. The van der Waals surface area contributed by atoms with Crippen molar-refractivity contribution >= 4 is 11.3 Å². The van der Waals surface area contributed by atoms with E-state index in [-0.39, 0.29) is 6.10 Å². The first-order chi connectivity index (χ1) is 9.29. The Morgan fingerprint density at radius 1 is 1.47 bits per heavy atom. The van der Waals surface area contributed by atoms with E-state index >= 15 is 0 Å². The van der Waals surface area contributed by atoms with Gasteiger partial charge in [0.15, 0.2) is 0 Å². The van der Waals surface area contributed by atoms with Crippen LogP contribution in [-0.2, 0) is 11.3 Å². The van der Waals surface area contributed by atoms with Crippen LogP contribution in [0.5, 0.6) is 0 Å². The Morgan fingerprint density at radius 2 is 2.26 bits per heavy atom. The van der Waals surface area contributed by atoms with Crippen LogP contribution >= 0.6 is 11.3 Å². The highest BCUT2D eigenvalue weighted by atomic mass is 32.1. The largest absolute Gasteiger partial charge is 0.389 e. The van der Waals surface area contributed by atoms with E-state index in [1.54, 1.807) is 11.3 Å². The van der Waals surface area contributed by atoms with Crippen LogP contribution in [0.15, 0.2) is 17.5 Å². The lowest BCUT2D eigenvalue weighted by Gasteiger charge is -2.29. The van der Waals surface area contributed by atoms with Crippen LogP contribution in [0.4, 0.5) is 0 Å². The number of rotatable bonds is 8. The van der Waals surface area contributed by atoms with Crippen molar-refractivity contribution in [3.8, 4) is 0 Å². The lowest BCUT2D eigenvalue weighted by atomic mass is 10.2. The van der Waals surface area contributed by atoms with Crippen molar-refractivity contribution in [2.45, 2.75) is 51.4 Å². The zero-order chi connectivity index (χ0) is 13.5. The van der Waals surface area contributed by atoms with Gasteiger partial charge in [-0.3, -0.25) is 4.90 Å². The quantitative estimate of drug-likeness (QED) is 0.796. The zero-order valence-corrected chi connectivity index (χ0v) is 12.6. The summed E-state index contributed by atoms with van der Waals surface area (Å²) in [7, 11) is 0. The average Bonchev–Trinajstić information content (AvgIpc) is 3.08. The minimum Gasteiger partial charge on any atom is -0.389 e. The molecule has 19 heavy (non-hydrogen) atoms. The van der Waals surface area contributed by atoms with Gasteiger partial charge in [-0.05, 0) is 30.8 Å². The molecule has 0 amide bonds. The van der Waals surface area contributed by atoms with Crippen molar-refractivity contribution in [1.29, 1.82) is 0 Å². The van der Waals surface area contributed by atoms with Crippen LogP contribution in [0.1, 0.15) is 37.5 Å². The van der Waals surface area contributed by atoms with Gasteiger partial charge in [0.05, 0.1) is 19.3 Å². The van der Waals surface area contributed by atoms with Crippen molar-refractivity contribution in [2.75, 3.05) is 19.7 Å². The van der Waals surface area contributed by atoms with E-state index < -0.39 is 0 Å². The molecular weight excluding hydrogens is 258 g/mol. The van der Waals surface area contributed by atoms with Gasteiger partial charge in [-0.25, -0.2) is 0 Å². The summed E-state index contributed by atoms with van der Waals surface area (Å²) >= 11 is 1.70. The Bertz CT molecular complexity index is 336. The van der Waals surface area contributed by atoms with Crippen molar-refractivity contribution < 1.29 is 9.84 Å². The molecule has 4 heteroatoms. The van der Waals surface area contributed by atoms with Crippen molar-refractivity contribution in [3.63, 3.8) is 0 Å². The molecule has 0 bridgehead atoms. The first-order valence-electron chi connectivity index (χ1n) is 7.32. The maximum absolute atomic E-state index is 10.1. The molecule has 1 atom stereocenters. The number of aliphatic hydroxyl groups is 1. The smallest absolute Gasteiger partial charge is 0.0900 e. The van der Waals surface area contributed by atoms with Gasteiger partial charge in [0, 0.05) is 17.5 Å². The van der Waals surface area contributed by atoms with Crippen LogP contribution in [0.25, 0.3) is 0 Å². The van der Waals surface area contributed by atoms with E-state index in [1.807, 2.05) is 11.4 Å². The summed E-state index contributed by atoms with van der Waals surface area (Å²) in [5.74, 6) is 0. The van der Waals surface area contributed by atoms with Gasteiger partial charge in [-0.2, -0.15) is 0 Å². The number of likely N-dealkylation sites (N-methyl/N-ethyl adjacent to an activating group) is 1. The predicted molar refractivity (Wildman–Crippen MR) is 79.5 cm³/mol. The molecule has 1 aromatic heterocycles. The van der Waals surface area contributed by atoms with Crippen molar-refractivity contribution in [3.05, 3.63) is 22.4 Å². The molecule has 1 unspecified atom stereocenters. The standard InChI is InChI=1S/C15H25NO2S/c1-2-16(13-6-3-4-7-13)10-14(17)11-18-12-15-8-5-9-19-15/h5,8-9,13-14,17H,2-4,6-7,10-12H2,1H3. The van der Waals surface area contributed by atoms with Gasteiger partial charge < -0.3 is 9.84 Å². The third kappa shape index (κ3) is 4.88. The fraction of sp³-hybridized carbons (Fsp3) is 0.733. The number of hydrogen-bond donors (Lipinski definition) is 1. The Balaban J connectivity index is 1.65. The van der Waals surface area contributed by atoms with Gasteiger partial charge in [0.25, 0.3) is 0 Å². The van der Waals surface area contributed by atoms with Crippen LogP contribution in [0.3, 0.4) is 0 Å². The van der Waals surface area contributed by atoms with E-state index in [1.165, 1.54) is 30.6 Å². The second-order valence-electron chi connectivity index (χ2n) is 5.27. The van der Waals surface area contributed by atoms with E-state index in [0.29, 0.717) is 19.3 Å². The molecule has 3 nitrogen and oxygen atoms in total. The highest BCUT2D eigenvalue weighted by molar-refractivity contribution is 7.09. The summed E-state index contributed by atoms with van der Waals surface area (Å²) < 4.78 is 5.58. The summed E-state index contributed by atoms with van der Waals surface area (Å²) in [5.41, 5.74) is 0. The van der Waals surface area contributed by atoms with E-state index in [2.05, 4.69) is 17.9 Å². The first kappa shape index (κ1) is 15.0. The number of aliphatic hydroxyl groups excluding tert-OH is 1. The maximum Gasteiger partial charge on any atom is 0.0900 e. The summed E-state index contributed by atoms with van der Waals surface area (Å²) in [6.07, 6.45) is 4.88. The normalized spacial score (nSPS) is 18.3. The van der Waals surface area contributed by atoms with E-state index in [9.17, 15) is 5.11 Å². The third-order valence-corrected chi connectivity index (χ3v) is 4.68. The summed E-state index contributed by atoms with van der Waals surface area (Å²) in [4.78, 5) is 3.63. The Labute approximate surface area is 120 Å². The molecule has 1 aliphatic rings. The summed E-state index contributed by atoms with van der Waals surface area (Å²) in [6, 6.07) is 4.77. The highest BCUT2D eigenvalue weighted by Crippen LogP contribution is 2.23. The topological polar surface area (TPSA) is 32.7 Å². The molecule has 108 valence electrons. The molecule has 1 fully saturated rings. The van der Waals surface area contributed by atoms with E-state index in [4.69, 9.17) is 4.74 Å². The molecule has 0 aliphatic heterocycles. The summed E-state index contributed by atoms with van der Waals surface area (Å²) in [6.45, 7) is 4.99. The van der Waals surface area contributed by atoms with Crippen LogP contribution in [-0.4, -0.2) is 41.8 Å². The molecule has 2 rings (SSSR count). The molecule has 0 radical (unpaired) electrons. The number of hydrogen-bond acceptors (Lipinski definition) is 4. The second kappa shape index (κ2) is 8.00. The Hall–Kier alpha value is -0.420. The molecule has 1 aromatic rings. The lowest BCUT2D eigenvalue weighted by molar-refractivity contribution is 0.00447. The lowest BCUT2D eigenvalue weighted by Crippen LogP contribution is -2.40. The molecule has 1 N–H and O–H groups in total. The van der Waals surface area contributed by atoms with Gasteiger partial charge >= 0.3 is 0 Å². The monoisotopic (exact) mass is 283 g/mol. The number of thiophene rings is 1. The fourth-order valence-electron chi connectivity index (χ4n) is 2.82. The number of ether oxygens (including phenoxy) is 1. The molecule has 1 aliphatic carbocycles. The zero-order valence-electron chi connectivity index (χ0n) is 11.8. The predicted octanol–water partition coefficient (Wildman–Crippen LogP) is 2.89. The van der Waals surface area contributed by atoms with Crippen molar-refractivity contribution in [2.24, 2.45) is 0 Å². The minimum absolute atomic E-state index is 0.375. The molecule has 0 saturated heterocycles. The molecule has 0 spiro atoms. The van der Waals surface area contributed by atoms with Crippen molar-refractivity contribution in [1.82, 2.24) is 4.90 Å². The van der Waals surface area contributed by atoms with Gasteiger partial charge in [0.1, 0.15) is 0 Å². The van der Waals surface area contributed by atoms with Gasteiger partial charge in [-0.1, -0.05) is 25.8 Å². The number of nitrogens with zero attached hydrogens (tertiary/aromatic N) is 1. The molecule has 0 aromatic carbocycles. The van der Waals surface area contributed by atoms with Crippen LogP contribution in [0.2, 0.25) is 0 Å². The van der Waals surface area contributed by atoms with Crippen LogP contribution in [0, 0.1) is 0 Å². The average molecular weight is 283 g/mol. The molecular formula is C15H25NO2S. The molecule has 1 saturated carbocycles. The third-order valence-electron chi connectivity index (χ3n) is 3.83. The van der Waals surface area contributed by atoms with E-state index in [0.717, 1.165) is 13.1 Å². The Kier molecular flexibility index (Phi) is 6.31. The van der Waals surface area contributed by atoms with Gasteiger partial charge in [-0.15, -0.1) is 11.3 Å². The van der Waals surface area contributed by atoms with Gasteiger partial charge in [0.2, 0.25) is 0 Å². The maximum atomic E-state index is 10.1. The summed E-state index contributed by atoms with van der Waals surface area (Å²) in [5, 5.41) is 12.1. The fourth-order valence-corrected chi connectivity index (χ4v) is 3.46. The molecule has 1 heterocycles. The SMILES string of the molecule is CCN(CC(O)COCc1cccs1)C1CCCC1. The minimum atomic E-state index is -0.375. The second-order valence-corrected chi connectivity index (χ2v) is 6.31. The first-order valence-corrected chi connectivity index (χ1v) is 8.19. The highest BCUT2D eigenvalue weighted by Gasteiger charge is 2.23. The van der Waals surface area contributed by atoms with Crippen LogP contribution < -0.4 is 0 Å².